The van der Waals surface area contributed by atoms with Crippen LogP contribution in [0.1, 0.15) is 24.5 Å². The molecule has 0 saturated carbocycles. The Hall–Kier alpha value is -1.43. The van der Waals surface area contributed by atoms with Crippen molar-refractivity contribution in [2.75, 3.05) is 32.9 Å². The molecular weight excluding hydrogens is 280 g/mol. The smallest absolute Gasteiger partial charge is 0.239 e. The molecular formula is C17H24N2O3. The molecule has 5 heteroatoms. The van der Waals surface area contributed by atoms with Gasteiger partial charge in [-0.3, -0.25) is 4.79 Å². The number of rotatable bonds is 3. The topological polar surface area (TPSA) is 64.8 Å². The molecule has 2 fully saturated rings. The van der Waals surface area contributed by atoms with Crippen molar-refractivity contribution in [1.82, 2.24) is 4.90 Å². The Balaban J connectivity index is 1.62. The summed E-state index contributed by atoms with van der Waals surface area (Å²) >= 11 is 0. The lowest BCUT2D eigenvalue weighted by Crippen LogP contribution is -2.52. The molecule has 1 aromatic carbocycles. The van der Waals surface area contributed by atoms with Gasteiger partial charge in [0.15, 0.2) is 0 Å². The van der Waals surface area contributed by atoms with Gasteiger partial charge in [0, 0.05) is 19.8 Å². The Kier molecular flexibility index (Phi) is 5.08. The number of morpholine rings is 1. The third-order valence-corrected chi connectivity index (χ3v) is 4.61. The first kappa shape index (κ1) is 15.5. The minimum atomic E-state index is -0.418. The van der Waals surface area contributed by atoms with Crippen LogP contribution in [0.2, 0.25) is 0 Å². The predicted molar refractivity (Wildman–Crippen MR) is 83.2 cm³/mol. The lowest BCUT2D eigenvalue weighted by molar-refractivity contribution is -0.142. The minimum Gasteiger partial charge on any atom is -0.381 e. The average Bonchev–Trinajstić information content (AvgIpc) is 2.62. The molecule has 22 heavy (non-hydrogen) atoms. The molecule has 0 bridgehead atoms. The number of carbonyl (C=O) groups excluding carboxylic acids is 1. The zero-order valence-electron chi connectivity index (χ0n) is 12.8. The van der Waals surface area contributed by atoms with Crippen LogP contribution >= 0.6 is 0 Å². The first-order valence-electron chi connectivity index (χ1n) is 8.04. The predicted octanol–water partition coefficient (Wildman–Crippen LogP) is 1.34. The van der Waals surface area contributed by atoms with E-state index >= 15 is 0 Å². The number of nitrogens with two attached hydrogens (primary N) is 1. The van der Waals surface area contributed by atoms with Crippen LogP contribution in [0.15, 0.2) is 30.3 Å². The van der Waals surface area contributed by atoms with Gasteiger partial charge in [0.05, 0.1) is 19.2 Å². The van der Waals surface area contributed by atoms with Crippen molar-refractivity contribution in [3.05, 3.63) is 35.9 Å². The van der Waals surface area contributed by atoms with E-state index in [0.717, 1.165) is 18.4 Å². The summed E-state index contributed by atoms with van der Waals surface area (Å²) in [4.78, 5) is 14.5. The Morgan fingerprint density at radius 3 is 2.64 bits per heavy atom. The molecule has 2 atom stereocenters. The number of hydrogen-bond donors (Lipinski definition) is 1. The first-order chi connectivity index (χ1) is 10.8. The molecule has 2 aliphatic rings. The molecule has 1 amide bonds. The van der Waals surface area contributed by atoms with E-state index in [9.17, 15) is 4.79 Å². The SMILES string of the molecule is NC(C(=O)N1CCOC(c2ccccc2)C1)C1CCOCC1. The van der Waals surface area contributed by atoms with Crippen LogP contribution in [0.5, 0.6) is 0 Å². The highest BCUT2D eigenvalue weighted by molar-refractivity contribution is 5.82. The van der Waals surface area contributed by atoms with Crippen molar-refractivity contribution in [3.8, 4) is 0 Å². The number of amides is 1. The Morgan fingerprint density at radius 1 is 1.18 bits per heavy atom. The summed E-state index contributed by atoms with van der Waals surface area (Å²) in [6, 6.07) is 9.63. The molecule has 0 aliphatic carbocycles. The van der Waals surface area contributed by atoms with Gasteiger partial charge in [-0.05, 0) is 24.3 Å². The summed E-state index contributed by atoms with van der Waals surface area (Å²) in [5.41, 5.74) is 7.33. The van der Waals surface area contributed by atoms with Crippen molar-refractivity contribution >= 4 is 5.91 Å². The van der Waals surface area contributed by atoms with Crippen LogP contribution in [-0.2, 0) is 14.3 Å². The third-order valence-electron chi connectivity index (χ3n) is 4.61. The molecule has 5 nitrogen and oxygen atoms in total. The van der Waals surface area contributed by atoms with Gasteiger partial charge in [-0.2, -0.15) is 0 Å². The van der Waals surface area contributed by atoms with Crippen molar-refractivity contribution in [2.45, 2.75) is 25.0 Å². The van der Waals surface area contributed by atoms with Gasteiger partial charge in [0.1, 0.15) is 6.10 Å². The quantitative estimate of drug-likeness (QED) is 0.915. The first-order valence-corrected chi connectivity index (χ1v) is 8.04. The normalized spacial score (nSPS) is 25.0. The zero-order valence-corrected chi connectivity index (χ0v) is 12.8. The number of carbonyl (C=O) groups is 1. The molecule has 0 spiro atoms. The van der Waals surface area contributed by atoms with E-state index in [4.69, 9.17) is 15.2 Å². The maximum absolute atomic E-state index is 12.7. The molecule has 0 aromatic heterocycles. The van der Waals surface area contributed by atoms with Crippen LogP contribution in [-0.4, -0.2) is 49.8 Å². The monoisotopic (exact) mass is 304 g/mol. The third kappa shape index (κ3) is 3.48. The molecule has 2 unspecified atom stereocenters. The largest absolute Gasteiger partial charge is 0.381 e. The highest BCUT2D eigenvalue weighted by atomic mass is 16.5. The van der Waals surface area contributed by atoms with Crippen LogP contribution < -0.4 is 5.73 Å². The number of benzene rings is 1. The summed E-state index contributed by atoms with van der Waals surface area (Å²) in [6.45, 7) is 3.19. The van der Waals surface area contributed by atoms with E-state index in [2.05, 4.69) is 0 Å². The summed E-state index contributed by atoms with van der Waals surface area (Å²) in [7, 11) is 0. The highest BCUT2D eigenvalue weighted by Crippen LogP contribution is 2.24. The molecule has 2 N–H and O–H groups in total. The van der Waals surface area contributed by atoms with Crippen molar-refractivity contribution in [3.63, 3.8) is 0 Å². The van der Waals surface area contributed by atoms with Gasteiger partial charge < -0.3 is 20.1 Å². The van der Waals surface area contributed by atoms with E-state index < -0.39 is 6.04 Å². The van der Waals surface area contributed by atoms with Crippen molar-refractivity contribution < 1.29 is 14.3 Å². The second kappa shape index (κ2) is 7.22. The van der Waals surface area contributed by atoms with Crippen LogP contribution in [0, 0.1) is 5.92 Å². The maximum Gasteiger partial charge on any atom is 0.239 e. The van der Waals surface area contributed by atoms with Gasteiger partial charge in [0.25, 0.3) is 0 Å². The van der Waals surface area contributed by atoms with Crippen molar-refractivity contribution in [2.24, 2.45) is 11.7 Å². The molecule has 0 radical (unpaired) electrons. The number of nitrogens with zero attached hydrogens (tertiary/aromatic N) is 1. The Morgan fingerprint density at radius 2 is 1.91 bits per heavy atom. The average molecular weight is 304 g/mol. The summed E-state index contributed by atoms with van der Waals surface area (Å²) in [5, 5.41) is 0. The van der Waals surface area contributed by atoms with Gasteiger partial charge in [0.2, 0.25) is 5.91 Å². The minimum absolute atomic E-state index is 0.0520. The second-order valence-electron chi connectivity index (χ2n) is 6.03. The fraction of sp³-hybridized carbons (Fsp3) is 0.588. The van der Waals surface area contributed by atoms with E-state index in [-0.39, 0.29) is 17.9 Å². The zero-order chi connectivity index (χ0) is 15.4. The fourth-order valence-electron chi connectivity index (χ4n) is 3.21. The number of ether oxygens (including phenoxy) is 2. The second-order valence-corrected chi connectivity index (χ2v) is 6.03. The van der Waals surface area contributed by atoms with E-state index in [0.29, 0.717) is 32.9 Å². The Bertz CT molecular complexity index is 488. The van der Waals surface area contributed by atoms with Crippen LogP contribution in [0.4, 0.5) is 0 Å². The van der Waals surface area contributed by atoms with E-state index in [1.54, 1.807) is 0 Å². The molecule has 2 heterocycles. The van der Waals surface area contributed by atoms with Crippen LogP contribution in [0.3, 0.4) is 0 Å². The van der Waals surface area contributed by atoms with Crippen molar-refractivity contribution in [1.29, 1.82) is 0 Å². The Labute approximate surface area is 131 Å². The molecule has 1 aromatic rings. The van der Waals surface area contributed by atoms with Gasteiger partial charge in [-0.1, -0.05) is 30.3 Å². The lowest BCUT2D eigenvalue weighted by Gasteiger charge is -2.36. The standard InChI is InChI=1S/C17H24N2O3/c18-16(14-6-9-21-10-7-14)17(20)19-8-11-22-15(12-19)13-4-2-1-3-5-13/h1-5,14-16H,6-12,18H2. The lowest BCUT2D eigenvalue weighted by atomic mass is 9.91. The molecule has 3 rings (SSSR count). The highest BCUT2D eigenvalue weighted by Gasteiger charge is 2.33. The summed E-state index contributed by atoms with van der Waals surface area (Å²) < 4.78 is 11.2. The van der Waals surface area contributed by atoms with Gasteiger partial charge in [-0.15, -0.1) is 0 Å². The summed E-state index contributed by atoms with van der Waals surface area (Å²) in [5.74, 6) is 0.287. The molecule has 120 valence electrons. The summed E-state index contributed by atoms with van der Waals surface area (Å²) in [6.07, 6.45) is 1.69. The number of hydrogen-bond acceptors (Lipinski definition) is 4. The maximum atomic E-state index is 12.7. The van der Waals surface area contributed by atoms with Gasteiger partial charge in [-0.25, -0.2) is 0 Å². The fourth-order valence-corrected chi connectivity index (χ4v) is 3.21. The van der Waals surface area contributed by atoms with E-state index in [1.165, 1.54) is 0 Å². The van der Waals surface area contributed by atoms with Crippen LogP contribution in [0.25, 0.3) is 0 Å². The molecule has 2 aliphatic heterocycles. The van der Waals surface area contributed by atoms with Gasteiger partial charge >= 0.3 is 0 Å². The molecule has 2 saturated heterocycles. The van der Waals surface area contributed by atoms with E-state index in [1.807, 2.05) is 35.2 Å².